The lowest BCUT2D eigenvalue weighted by Gasteiger charge is -2.32. The number of nitrogens with zero attached hydrogens (tertiary/aromatic N) is 2. The van der Waals surface area contributed by atoms with Crippen LogP contribution in [0.5, 0.6) is 0 Å². The van der Waals surface area contributed by atoms with Crippen LogP contribution in [0.15, 0.2) is 59.5 Å². The van der Waals surface area contributed by atoms with E-state index in [2.05, 4.69) is 24.3 Å². The summed E-state index contributed by atoms with van der Waals surface area (Å²) in [6, 6.07) is 18.0. The van der Waals surface area contributed by atoms with Gasteiger partial charge in [-0.1, -0.05) is 84.1 Å². The van der Waals surface area contributed by atoms with Crippen LogP contribution in [0.4, 0.5) is 0 Å². The molecule has 2 aromatic carbocycles. The smallest absolute Gasteiger partial charge is 0.266 e. The number of hydrogen-bond donors (Lipinski definition) is 0. The third-order valence-corrected chi connectivity index (χ3v) is 7.89. The molecule has 172 valence electrons. The maximum absolute atomic E-state index is 12.8. The second kappa shape index (κ2) is 11.3. The van der Waals surface area contributed by atoms with Crippen molar-refractivity contribution in [1.29, 1.82) is 0 Å². The normalized spacial score (nSPS) is 18.4. The van der Waals surface area contributed by atoms with E-state index in [-0.39, 0.29) is 11.8 Å². The molecule has 0 N–H and O–H groups in total. The number of likely N-dealkylation sites (tertiary alicyclic amines) is 1. The molecule has 2 aliphatic rings. The maximum Gasteiger partial charge on any atom is 0.266 e. The Bertz CT molecular complexity index is 1050. The molecule has 2 fully saturated rings. The molecule has 2 aromatic rings. The zero-order valence-electron chi connectivity index (χ0n) is 18.4. The molecular formula is C26H27ClN2O2S2. The van der Waals surface area contributed by atoms with Gasteiger partial charge >= 0.3 is 0 Å². The number of hydrogen-bond acceptors (Lipinski definition) is 4. The molecule has 2 aliphatic heterocycles. The minimum absolute atomic E-state index is 0.112. The summed E-state index contributed by atoms with van der Waals surface area (Å²) in [6.07, 6.45) is 5.99. The van der Waals surface area contributed by atoms with Gasteiger partial charge in [0.25, 0.3) is 5.91 Å². The van der Waals surface area contributed by atoms with Gasteiger partial charge in [-0.2, -0.15) is 0 Å². The van der Waals surface area contributed by atoms with Crippen LogP contribution in [0.3, 0.4) is 0 Å². The fraction of sp³-hybridized carbons (Fsp3) is 0.346. The summed E-state index contributed by atoms with van der Waals surface area (Å²) in [5.74, 6) is 0.695. The molecule has 2 saturated heterocycles. The first-order valence-corrected chi connectivity index (χ1v) is 12.9. The Morgan fingerprint density at radius 1 is 1.09 bits per heavy atom. The lowest BCUT2D eigenvalue weighted by atomic mass is 9.90. The van der Waals surface area contributed by atoms with E-state index >= 15 is 0 Å². The number of thioether (sulfide) groups is 1. The summed E-state index contributed by atoms with van der Waals surface area (Å²) >= 11 is 12.9. The first-order chi connectivity index (χ1) is 16.0. The molecule has 2 heterocycles. The highest BCUT2D eigenvalue weighted by molar-refractivity contribution is 8.26. The van der Waals surface area contributed by atoms with Gasteiger partial charge in [-0.3, -0.25) is 14.5 Å². The van der Waals surface area contributed by atoms with Crippen molar-refractivity contribution >= 4 is 57.8 Å². The molecular weight excluding hydrogens is 472 g/mol. The molecule has 0 aliphatic carbocycles. The van der Waals surface area contributed by atoms with Crippen LogP contribution in [-0.4, -0.2) is 45.6 Å². The number of thiocarbonyl (C=S) groups is 1. The Labute approximate surface area is 210 Å². The summed E-state index contributed by atoms with van der Waals surface area (Å²) in [6.45, 7) is 2.09. The van der Waals surface area contributed by atoms with Crippen LogP contribution in [-0.2, 0) is 16.0 Å². The van der Waals surface area contributed by atoms with Crippen LogP contribution in [0.25, 0.3) is 6.08 Å². The van der Waals surface area contributed by atoms with Gasteiger partial charge in [0.05, 0.1) is 4.91 Å². The largest absolute Gasteiger partial charge is 0.343 e. The van der Waals surface area contributed by atoms with Crippen molar-refractivity contribution in [2.45, 2.75) is 32.1 Å². The Kier molecular flexibility index (Phi) is 8.23. The number of carbonyl (C=O) groups is 2. The third-order valence-electron chi connectivity index (χ3n) is 6.17. The lowest BCUT2D eigenvalue weighted by molar-refractivity contribution is -0.133. The van der Waals surface area contributed by atoms with E-state index in [1.807, 2.05) is 29.2 Å². The topological polar surface area (TPSA) is 40.6 Å². The fourth-order valence-electron chi connectivity index (χ4n) is 4.31. The molecule has 0 spiro atoms. The molecule has 0 radical (unpaired) electrons. The highest BCUT2D eigenvalue weighted by atomic mass is 35.5. The fourth-order valence-corrected chi connectivity index (χ4v) is 5.80. The van der Waals surface area contributed by atoms with Crippen molar-refractivity contribution in [2.24, 2.45) is 5.92 Å². The monoisotopic (exact) mass is 498 g/mol. The van der Waals surface area contributed by atoms with Crippen LogP contribution < -0.4 is 0 Å². The zero-order chi connectivity index (χ0) is 23.2. The van der Waals surface area contributed by atoms with Gasteiger partial charge in [0.1, 0.15) is 4.32 Å². The van der Waals surface area contributed by atoms with Crippen molar-refractivity contribution in [3.8, 4) is 0 Å². The molecule has 0 saturated carbocycles. The Morgan fingerprint density at radius 3 is 2.52 bits per heavy atom. The molecule has 0 unspecified atom stereocenters. The predicted octanol–water partition coefficient (Wildman–Crippen LogP) is 5.80. The molecule has 7 heteroatoms. The van der Waals surface area contributed by atoms with Crippen LogP contribution in [0.1, 0.15) is 36.8 Å². The molecule has 2 amide bonds. The van der Waals surface area contributed by atoms with E-state index in [9.17, 15) is 9.59 Å². The summed E-state index contributed by atoms with van der Waals surface area (Å²) < 4.78 is 0.535. The second-order valence-corrected chi connectivity index (χ2v) is 10.6. The van der Waals surface area contributed by atoms with E-state index in [0.29, 0.717) is 39.6 Å². The standard InChI is InChI=1S/C26H27ClN2O2S2/c27-22-10-5-4-9-21(22)18-23-25(31)29(26(32)33-23)14-6-11-24(30)28-15-12-20(13-16-28)17-19-7-2-1-3-8-19/h1-5,7-10,18,20H,6,11-17H2/b23-18+. The highest BCUT2D eigenvalue weighted by Crippen LogP contribution is 2.34. The van der Waals surface area contributed by atoms with E-state index in [1.54, 1.807) is 17.0 Å². The predicted molar refractivity (Wildman–Crippen MR) is 140 cm³/mol. The van der Waals surface area contributed by atoms with Crippen LogP contribution >= 0.6 is 35.6 Å². The van der Waals surface area contributed by atoms with Gasteiger partial charge in [0.15, 0.2) is 0 Å². The summed E-state index contributed by atoms with van der Waals surface area (Å²) in [5.41, 5.74) is 2.17. The van der Waals surface area contributed by atoms with Gasteiger partial charge in [0.2, 0.25) is 5.91 Å². The zero-order valence-corrected chi connectivity index (χ0v) is 20.8. The average molecular weight is 499 g/mol. The quantitative estimate of drug-likeness (QED) is 0.357. The summed E-state index contributed by atoms with van der Waals surface area (Å²) in [7, 11) is 0. The van der Waals surface area contributed by atoms with Gasteiger partial charge < -0.3 is 4.90 Å². The molecule has 0 atom stereocenters. The minimum atomic E-state index is -0.112. The van der Waals surface area contributed by atoms with Crippen LogP contribution in [0, 0.1) is 5.92 Å². The molecule has 0 aromatic heterocycles. The van der Waals surface area contributed by atoms with Gasteiger partial charge in [0, 0.05) is 31.1 Å². The second-order valence-electron chi connectivity index (χ2n) is 8.47. The lowest BCUT2D eigenvalue weighted by Crippen LogP contribution is -2.39. The Balaban J connectivity index is 1.22. The SMILES string of the molecule is O=C(CCCN1C(=O)/C(=C\c2ccccc2Cl)SC1=S)N1CCC(Cc2ccccc2)CC1. The third kappa shape index (κ3) is 6.25. The number of amides is 2. The van der Waals surface area contributed by atoms with Crippen molar-refractivity contribution in [1.82, 2.24) is 9.80 Å². The molecule has 0 bridgehead atoms. The Hall–Kier alpha value is -2.15. The van der Waals surface area contributed by atoms with E-state index in [4.69, 9.17) is 23.8 Å². The molecule has 4 nitrogen and oxygen atoms in total. The highest BCUT2D eigenvalue weighted by Gasteiger charge is 2.32. The summed E-state index contributed by atoms with van der Waals surface area (Å²) in [4.78, 5) is 29.7. The van der Waals surface area contributed by atoms with Crippen molar-refractivity contribution in [3.63, 3.8) is 0 Å². The average Bonchev–Trinajstić information content (AvgIpc) is 3.09. The van der Waals surface area contributed by atoms with Crippen molar-refractivity contribution in [2.75, 3.05) is 19.6 Å². The minimum Gasteiger partial charge on any atom is -0.343 e. The van der Waals surface area contributed by atoms with Crippen LogP contribution in [0.2, 0.25) is 5.02 Å². The van der Waals surface area contributed by atoms with E-state index in [1.165, 1.54) is 17.3 Å². The first-order valence-electron chi connectivity index (χ1n) is 11.3. The van der Waals surface area contributed by atoms with Gasteiger partial charge in [-0.25, -0.2) is 0 Å². The van der Waals surface area contributed by atoms with Gasteiger partial charge in [-0.05, 0) is 54.9 Å². The number of benzene rings is 2. The number of carbonyl (C=O) groups excluding carboxylic acids is 2. The Morgan fingerprint density at radius 2 is 1.79 bits per heavy atom. The maximum atomic E-state index is 12.8. The first kappa shape index (κ1) is 24.0. The number of halogens is 1. The van der Waals surface area contributed by atoms with Crippen molar-refractivity contribution < 1.29 is 9.59 Å². The molecule has 33 heavy (non-hydrogen) atoms. The van der Waals surface area contributed by atoms with Gasteiger partial charge in [-0.15, -0.1) is 0 Å². The molecule has 4 rings (SSSR count). The van der Waals surface area contributed by atoms with E-state index in [0.717, 1.165) is 37.9 Å². The van der Waals surface area contributed by atoms with Crippen molar-refractivity contribution in [3.05, 3.63) is 75.7 Å². The number of piperidine rings is 1. The summed E-state index contributed by atoms with van der Waals surface area (Å²) in [5, 5.41) is 0.598. The van der Waals surface area contributed by atoms with E-state index < -0.39 is 0 Å². The number of rotatable bonds is 7.